The number of piperazine rings is 1. The maximum absolute atomic E-state index is 12.9. The first-order valence-corrected chi connectivity index (χ1v) is 12.8. The van der Waals surface area contributed by atoms with Crippen LogP contribution in [0.4, 0.5) is 5.82 Å². The highest BCUT2D eigenvalue weighted by atomic mass is 32.1. The zero-order valence-corrected chi connectivity index (χ0v) is 19.3. The molecule has 0 radical (unpaired) electrons. The van der Waals surface area contributed by atoms with Crippen LogP contribution in [0.25, 0.3) is 10.2 Å². The number of amides is 1. The van der Waals surface area contributed by atoms with Gasteiger partial charge in [0.25, 0.3) is 0 Å². The molecular formula is C24H34N4OS. The Morgan fingerprint density at radius 3 is 2.53 bits per heavy atom. The monoisotopic (exact) mass is 426 g/mol. The molecule has 3 aliphatic rings. The number of carbonyl (C=O) groups is 1. The van der Waals surface area contributed by atoms with E-state index in [0.717, 1.165) is 63.5 Å². The number of fused-ring (bicyclic) bond motifs is 3. The number of aromatic nitrogens is 2. The van der Waals surface area contributed by atoms with Crippen molar-refractivity contribution in [1.82, 2.24) is 14.9 Å². The van der Waals surface area contributed by atoms with Crippen molar-refractivity contribution in [2.75, 3.05) is 31.1 Å². The highest BCUT2D eigenvalue weighted by molar-refractivity contribution is 7.19. The Labute approximate surface area is 183 Å². The van der Waals surface area contributed by atoms with Gasteiger partial charge in [-0.3, -0.25) is 4.79 Å². The number of hydrogen-bond donors (Lipinski definition) is 0. The second-order valence-electron chi connectivity index (χ2n) is 9.40. The van der Waals surface area contributed by atoms with Gasteiger partial charge in [0, 0.05) is 42.9 Å². The molecule has 5 rings (SSSR count). The van der Waals surface area contributed by atoms with Crippen molar-refractivity contribution in [1.29, 1.82) is 0 Å². The maximum atomic E-state index is 12.9. The second-order valence-corrected chi connectivity index (χ2v) is 10.5. The minimum atomic E-state index is 0.281. The third-order valence-corrected chi connectivity index (χ3v) is 8.65. The molecule has 2 aromatic heterocycles. The summed E-state index contributed by atoms with van der Waals surface area (Å²) in [4.78, 5) is 30.3. The highest BCUT2D eigenvalue weighted by Crippen LogP contribution is 2.41. The number of thiophene rings is 1. The molecule has 2 aliphatic carbocycles. The van der Waals surface area contributed by atoms with E-state index in [1.165, 1.54) is 52.8 Å². The Morgan fingerprint density at radius 2 is 1.80 bits per heavy atom. The molecule has 1 atom stereocenters. The van der Waals surface area contributed by atoms with Crippen molar-refractivity contribution in [2.45, 2.75) is 77.6 Å². The van der Waals surface area contributed by atoms with Gasteiger partial charge in [0.05, 0.1) is 5.39 Å². The van der Waals surface area contributed by atoms with Gasteiger partial charge in [0.1, 0.15) is 16.5 Å². The molecule has 0 spiro atoms. The van der Waals surface area contributed by atoms with Crippen LogP contribution in [0, 0.1) is 5.92 Å². The van der Waals surface area contributed by atoms with Crippen LogP contribution in [0.3, 0.4) is 0 Å². The van der Waals surface area contributed by atoms with Gasteiger partial charge in [0.15, 0.2) is 0 Å². The third kappa shape index (κ3) is 3.61. The first-order valence-electron chi connectivity index (χ1n) is 12.0. The van der Waals surface area contributed by atoms with Gasteiger partial charge in [-0.25, -0.2) is 9.97 Å². The van der Waals surface area contributed by atoms with Crippen LogP contribution in [0.15, 0.2) is 0 Å². The lowest BCUT2D eigenvalue weighted by Crippen LogP contribution is -2.50. The standard InChI is InChI=1S/C24H34N4OS/c1-3-16(2)21-25-22(20-18-10-6-7-11-19(18)30-23(20)26-21)27-12-14-28(15-13-27)24(29)17-8-4-5-9-17/h16-17H,3-15H2,1-2H3/t16-/m1/s1. The van der Waals surface area contributed by atoms with Crippen LogP contribution in [-0.2, 0) is 17.6 Å². The number of rotatable bonds is 4. The van der Waals surface area contributed by atoms with Crippen molar-refractivity contribution in [2.24, 2.45) is 5.92 Å². The number of hydrogen-bond acceptors (Lipinski definition) is 5. The van der Waals surface area contributed by atoms with Crippen LogP contribution in [-0.4, -0.2) is 47.0 Å². The summed E-state index contributed by atoms with van der Waals surface area (Å²) in [5.41, 5.74) is 1.51. The summed E-state index contributed by atoms with van der Waals surface area (Å²) in [6, 6.07) is 0. The van der Waals surface area contributed by atoms with E-state index in [9.17, 15) is 4.79 Å². The molecule has 0 aromatic carbocycles. The summed E-state index contributed by atoms with van der Waals surface area (Å²) in [6.45, 7) is 7.86. The summed E-state index contributed by atoms with van der Waals surface area (Å²) < 4.78 is 0. The Balaban J connectivity index is 1.44. The van der Waals surface area contributed by atoms with Gasteiger partial charge in [-0.2, -0.15) is 0 Å². The van der Waals surface area contributed by atoms with E-state index in [-0.39, 0.29) is 5.92 Å². The van der Waals surface area contributed by atoms with Crippen molar-refractivity contribution in [3.05, 3.63) is 16.3 Å². The van der Waals surface area contributed by atoms with Gasteiger partial charge < -0.3 is 9.80 Å². The number of carbonyl (C=O) groups excluding carboxylic acids is 1. The van der Waals surface area contributed by atoms with E-state index in [0.29, 0.717) is 11.8 Å². The van der Waals surface area contributed by atoms with Crippen molar-refractivity contribution >= 4 is 33.3 Å². The largest absolute Gasteiger partial charge is 0.352 e. The lowest BCUT2D eigenvalue weighted by Gasteiger charge is -2.37. The lowest BCUT2D eigenvalue weighted by atomic mass is 9.96. The SMILES string of the molecule is CC[C@@H](C)c1nc(N2CCN(C(=O)C3CCCC3)CC2)c2c3c(sc2n1)CCCC3. The smallest absolute Gasteiger partial charge is 0.225 e. The summed E-state index contributed by atoms with van der Waals surface area (Å²) >= 11 is 1.90. The molecule has 1 saturated heterocycles. The van der Waals surface area contributed by atoms with Crippen LogP contribution < -0.4 is 4.90 Å². The zero-order valence-electron chi connectivity index (χ0n) is 18.5. The fourth-order valence-corrected chi connectivity index (χ4v) is 6.62. The minimum Gasteiger partial charge on any atom is -0.352 e. The lowest BCUT2D eigenvalue weighted by molar-refractivity contribution is -0.135. The van der Waals surface area contributed by atoms with E-state index < -0.39 is 0 Å². The Morgan fingerprint density at radius 1 is 1.07 bits per heavy atom. The first-order chi connectivity index (χ1) is 14.7. The Bertz CT molecular complexity index is 925. The van der Waals surface area contributed by atoms with Crippen LogP contribution in [0.5, 0.6) is 0 Å². The van der Waals surface area contributed by atoms with E-state index in [2.05, 4.69) is 23.6 Å². The molecule has 3 heterocycles. The van der Waals surface area contributed by atoms with Crippen LogP contribution in [0.1, 0.15) is 81.0 Å². The second kappa shape index (κ2) is 8.45. The maximum Gasteiger partial charge on any atom is 0.225 e. The van der Waals surface area contributed by atoms with Gasteiger partial charge >= 0.3 is 0 Å². The molecular weight excluding hydrogens is 392 g/mol. The molecule has 2 fully saturated rings. The summed E-state index contributed by atoms with van der Waals surface area (Å²) in [5.74, 6) is 3.18. The van der Waals surface area contributed by atoms with Crippen LogP contribution >= 0.6 is 11.3 Å². The van der Waals surface area contributed by atoms with Gasteiger partial charge in [-0.15, -0.1) is 11.3 Å². The van der Waals surface area contributed by atoms with Crippen molar-refractivity contribution in [3.8, 4) is 0 Å². The molecule has 1 aliphatic heterocycles. The predicted octanol–water partition coefficient (Wildman–Crippen LogP) is 4.92. The molecule has 2 aromatic rings. The number of nitrogens with zero attached hydrogens (tertiary/aromatic N) is 4. The number of anilines is 1. The Hall–Kier alpha value is -1.69. The van der Waals surface area contributed by atoms with Crippen molar-refractivity contribution < 1.29 is 4.79 Å². The van der Waals surface area contributed by atoms with Gasteiger partial charge in [0.2, 0.25) is 5.91 Å². The molecule has 6 heteroatoms. The normalized spacial score (nSPS) is 21.3. The average molecular weight is 427 g/mol. The van der Waals surface area contributed by atoms with E-state index >= 15 is 0 Å². The molecule has 0 N–H and O–H groups in total. The average Bonchev–Trinajstić information content (AvgIpc) is 3.45. The fraction of sp³-hybridized carbons (Fsp3) is 0.708. The van der Waals surface area contributed by atoms with Gasteiger partial charge in [-0.05, 0) is 50.5 Å². The summed E-state index contributed by atoms with van der Waals surface area (Å²) in [6.07, 6.45) is 10.6. The summed E-state index contributed by atoms with van der Waals surface area (Å²) in [7, 11) is 0. The van der Waals surface area contributed by atoms with E-state index in [1.807, 2.05) is 11.3 Å². The molecule has 0 bridgehead atoms. The Kier molecular flexibility index (Phi) is 5.69. The first kappa shape index (κ1) is 20.2. The van der Waals surface area contributed by atoms with E-state index in [1.54, 1.807) is 0 Å². The number of aryl methyl sites for hydroxylation is 2. The molecule has 162 valence electrons. The predicted molar refractivity (Wildman–Crippen MR) is 124 cm³/mol. The quantitative estimate of drug-likeness (QED) is 0.696. The topological polar surface area (TPSA) is 49.3 Å². The molecule has 1 saturated carbocycles. The molecule has 30 heavy (non-hydrogen) atoms. The van der Waals surface area contributed by atoms with E-state index in [4.69, 9.17) is 9.97 Å². The molecule has 5 nitrogen and oxygen atoms in total. The molecule has 0 unspecified atom stereocenters. The van der Waals surface area contributed by atoms with Crippen LogP contribution in [0.2, 0.25) is 0 Å². The zero-order chi connectivity index (χ0) is 20.7. The summed E-state index contributed by atoms with van der Waals surface area (Å²) in [5, 5.41) is 1.32. The highest BCUT2D eigenvalue weighted by Gasteiger charge is 2.31. The molecule has 1 amide bonds. The van der Waals surface area contributed by atoms with Gasteiger partial charge in [-0.1, -0.05) is 26.7 Å². The minimum absolute atomic E-state index is 0.281. The fourth-order valence-electron chi connectivity index (χ4n) is 5.36. The third-order valence-electron chi connectivity index (χ3n) is 7.46. The van der Waals surface area contributed by atoms with Crippen molar-refractivity contribution in [3.63, 3.8) is 0 Å².